The van der Waals surface area contributed by atoms with E-state index in [4.69, 9.17) is 5.26 Å². The molecule has 1 N–H and O–H groups in total. The monoisotopic (exact) mass is 339 g/mol. The van der Waals surface area contributed by atoms with E-state index in [0.717, 1.165) is 51.5 Å². The maximum absolute atomic E-state index is 13.8. The second kappa shape index (κ2) is 8.45. The first-order chi connectivity index (χ1) is 12.3. The van der Waals surface area contributed by atoms with Crippen molar-refractivity contribution in [2.24, 2.45) is 0 Å². The lowest BCUT2D eigenvalue weighted by atomic mass is 10.2. The van der Waals surface area contributed by atoms with Gasteiger partial charge in [-0.1, -0.05) is 12.1 Å². The standard InChI is InChI=1S/C19H22FN5/c20-17-4-1-2-5-18(17)25-12-10-24(11-13-25)9-3-8-22-19-7-6-16(14-21)15-23-19/h1-2,4-7,15H,3,8-13H2,(H,22,23). The van der Waals surface area contributed by atoms with Crippen LogP contribution in [0.25, 0.3) is 0 Å². The summed E-state index contributed by atoms with van der Waals surface area (Å²) in [6.07, 6.45) is 2.59. The Morgan fingerprint density at radius 1 is 1.12 bits per heavy atom. The molecule has 0 bridgehead atoms. The van der Waals surface area contributed by atoms with Crippen LogP contribution in [0.1, 0.15) is 12.0 Å². The minimum absolute atomic E-state index is 0.143. The van der Waals surface area contributed by atoms with E-state index in [-0.39, 0.29) is 5.82 Å². The quantitative estimate of drug-likeness (QED) is 0.820. The Kier molecular flexibility index (Phi) is 5.81. The first-order valence-corrected chi connectivity index (χ1v) is 8.58. The number of rotatable bonds is 6. The molecule has 3 rings (SSSR count). The number of nitrogens with zero attached hydrogens (tertiary/aromatic N) is 4. The number of hydrogen-bond donors (Lipinski definition) is 1. The fraction of sp³-hybridized carbons (Fsp3) is 0.368. The number of aromatic nitrogens is 1. The highest BCUT2D eigenvalue weighted by Crippen LogP contribution is 2.20. The number of halogens is 1. The molecule has 2 aromatic rings. The van der Waals surface area contributed by atoms with Gasteiger partial charge >= 0.3 is 0 Å². The normalized spacial score (nSPS) is 15.0. The number of anilines is 2. The van der Waals surface area contributed by atoms with Gasteiger partial charge in [0.2, 0.25) is 0 Å². The van der Waals surface area contributed by atoms with Gasteiger partial charge in [0.15, 0.2) is 0 Å². The second-order valence-electron chi connectivity index (χ2n) is 6.10. The number of pyridine rings is 1. The van der Waals surface area contributed by atoms with E-state index in [1.165, 1.54) is 6.07 Å². The van der Waals surface area contributed by atoms with Crippen molar-refractivity contribution in [3.05, 3.63) is 54.0 Å². The van der Waals surface area contributed by atoms with Crippen molar-refractivity contribution >= 4 is 11.5 Å². The van der Waals surface area contributed by atoms with E-state index >= 15 is 0 Å². The lowest BCUT2D eigenvalue weighted by Crippen LogP contribution is -2.47. The summed E-state index contributed by atoms with van der Waals surface area (Å²) in [5.74, 6) is 0.651. The Bertz CT molecular complexity index is 717. The molecule has 130 valence electrons. The van der Waals surface area contributed by atoms with Crippen LogP contribution in [-0.4, -0.2) is 49.2 Å². The van der Waals surface area contributed by atoms with Gasteiger partial charge in [-0.3, -0.25) is 4.90 Å². The molecule has 0 saturated carbocycles. The Balaban J connectivity index is 1.36. The van der Waals surface area contributed by atoms with E-state index in [0.29, 0.717) is 11.3 Å². The minimum Gasteiger partial charge on any atom is -0.370 e. The van der Waals surface area contributed by atoms with Crippen LogP contribution in [0.5, 0.6) is 0 Å². The topological polar surface area (TPSA) is 55.2 Å². The number of para-hydroxylation sites is 1. The number of nitrogens with one attached hydrogen (secondary N) is 1. The molecular formula is C19H22FN5. The third-order valence-electron chi connectivity index (χ3n) is 4.42. The molecule has 2 heterocycles. The zero-order chi connectivity index (χ0) is 17.5. The summed E-state index contributed by atoms with van der Waals surface area (Å²) in [6, 6.07) is 12.6. The Labute approximate surface area is 147 Å². The molecule has 0 radical (unpaired) electrons. The molecule has 0 atom stereocenters. The first-order valence-electron chi connectivity index (χ1n) is 8.58. The molecule has 0 amide bonds. The zero-order valence-corrected chi connectivity index (χ0v) is 14.2. The molecule has 1 saturated heterocycles. The smallest absolute Gasteiger partial charge is 0.146 e. The third-order valence-corrected chi connectivity index (χ3v) is 4.42. The van der Waals surface area contributed by atoms with E-state index in [1.54, 1.807) is 18.3 Å². The molecule has 0 unspecified atom stereocenters. The minimum atomic E-state index is -0.143. The lowest BCUT2D eigenvalue weighted by molar-refractivity contribution is 0.256. The molecular weight excluding hydrogens is 317 g/mol. The maximum Gasteiger partial charge on any atom is 0.146 e. The van der Waals surface area contributed by atoms with Crippen molar-refractivity contribution in [3.8, 4) is 6.07 Å². The van der Waals surface area contributed by atoms with Gasteiger partial charge in [0.25, 0.3) is 0 Å². The van der Waals surface area contributed by atoms with Crippen LogP contribution in [-0.2, 0) is 0 Å². The molecule has 25 heavy (non-hydrogen) atoms. The predicted octanol–water partition coefficient (Wildman–Crippen LogP) is 2.72. The van der Waals surface area contributed by atoms with E-state index < -0.39 is 0 Å². The van der Waals surface area contributed by atoms with Crippen LogP contribution in [0.2, 0.25) is 0 Å². The lowest BCUT2D eigenvalue weighted by Gasteiger charge is -2.36. The van der Waals surface area contributed by atoms with Crippen LogP contribution in [0.3, 0.4) is 0 Å². The number of piperazine rings is 1. The first kappa shape index (κ1) is 17.2. The van der Waals surface area contributed by atoms with E-state index in [2.05, 4.69) is 26.2 Å². The molecule has 0 spiro atoms. The van der Waals surface area contributed by atoms with Crippen LogP contribution in [0.15, 0.2) is 42.6 Å². The molecule has 1 aliphatic rings. The fourth-order valence-corrected chi connectivity index (χ4v) is 3.00. The molecule has 1 aromatic heterocycles. The summed E-state index contributed by atoms with van der Waals surface area (Å²) in [5.41, 5.74) is 1.27. The zero-order valence-electron chi connectivity index (χ0n) is 14.2. The summed E-state index contributed by atoms with van der Waals surface area (Å²) in [6.45, 7) is 5.45. The third kappa shape index (κ3) is 4.68. The number of nitriles is 1. The highest BCUT2D eigenvalue weighted by atomic mass is 19.1. The molecule has 1 aliphatic heterocycles. The molecule has 1 fully saturated rings. The Morgan fingerprint density at radius 2 is 1.92 bits per heavy atom. The van der Waals surface area contributed by atoms with Gasteiger partial charge < -0.3 is 10.2 Å². The van der Waals surface area contributed by atoms with Crippen molar-refractivity contribution in [2.45, 2.75) is 6.42 Å². The second-order valence-corrected chi connectivity index (χ2v) is 6.10. The van der Waals surface area contributed by atoms with E-state index in [9.17, 15) is 4.39 Å². The van der Waals surface area contributed by atoms with Gasteiger partial charge in [0, 0.05) is 38.9 Å². The van der Waals surface area contributed by atoms with Gasteiger partial charge in [-0.15, -0.1) is 0 Å². The van der Waals surface area contributed by atoms with Crippen LogP contribution in [0, 0.1) is 17.1 Å². The summed E-state index contributed by atoms with van der Waals surface area (Å²) in [4.78, 5) is 8.72. The van der Waals surface area contributed by atoms with Crippen molar-refractivity contribution < 1.29 is 4.39 Å². The van der Waals surface area contributed by atoms with Crippen molar-refractivity contribution in [2.75, 3.05) is 49.5 Å². The van der Waals surface area contributed by atoms with Crippen molar-refractivity contribution in [1.29, 1.82) is 5.26 Å². The summed E-state index contributed by atoms with van der Waals surface area (Å²) >= 11 is 0. The average Bonchev–Trinajstić information content (AvgIpc) is 2.67. The molecule has 6 heteroatoms. The SMILES string of the molecule is N#Cc1ccc(NCCCN2CCN(c3ccccc3F)CC2)nc1. The average molecular weight is 339 g/mol. The van der Waals surface area contributed by atoms with Crippen molar-refractivity contribution in [1.82, 2.24) is 9.88 Å². The maximum atomic E-state index is 13.8. The van der Waals surface area contributed by atoms with Gasteiger partial charge in [-0.05, 0) is 37.2 Å². The highest BCUT2D eigenvalue weighted by Gasteiger charge is 2.18. The highest BCUT2D eigenvalue weighted by molar-refractivity contribution is 5.48. The van der Waals surface area contributed by atoms with Crippen molar-refractivity contribution in [3.63, 3.8) is 0 Å². The largest absolute Gasteiger partial charge is 0.370 e. The van der Waals surface area contributed by atoms with Crippen LogP contribution < -0.4 is 10.2 Å². The Hall–Kier alpha value is -2.65. The van der Waals surface area contributed by atoms with E-state index in [1.807, 2.05) is 18.2 Å². The molecule has 0 aliphatic carbocycles. The van der Waals surface area contributed by atoms with Gasteiger partial charge in [0.05, 0.1) is 11.3 Å². The van der Waals surface area contributed by atoms with Crippen LogP contribution in [0.4, 0.5) is 15.9 Å². The predicted molar refractivity (Wildman–Crippen MR) is 97.1 cm³/mol. The Morgan fingerprint density at radius 3 is 2.60 bits per heavy atom. The summed E-state index contributed by atoms with van der Waals surface area (Å²) in [5, 5.41) is 12.0. The van der Waals surface area contributed by atoms with Gasteiger partial charge in [-0.2, -0.15) is 5.26 Å². The number of hydrogen-bond acceptors (Lipinski definition) is 5. The van der Waals surface area contributed by atoms with Crippen LogP contribution >= 0.6 is 0 Å². The fourth-order valence-electron chi connectivity index (χ4n) is 3.00. The molecule has 1 aromatic carbocycles. The van der Waals surface area contributed by atoms with Gasteiger partial charge in [-0.25, -0.2) is 9.37 Å². The summed E-state index contributed by atoms with van der Waals surface area (Å²) < 4.78 is 13.8. The number of benzene rings is 1. The van der Waals surface area contributed by atoms with Gasteiger partial charge in [0.1, 0.15) is 17.7 Å². The molecule has 5 nitrogen and oxygen atoms in total. The summed E-state index contributed by atoms with van der Waals surface area (Å²) in [7, 11) is 0.